The molecule has 1 amide bonds. The van der Waals surface area contributed by atoms with Gasteiger partial charge in [-0.2, -0.15) is 0 Å². The summed E-state index contributed by atoms with van der Waals surface area (Å²) < 4.78 is 13.2. The first-order chi connectivity index (χ1) is 11.5. The van der Waals surface area contributed by atoms with Crippen molar-refractivity contribution in [2.75, 3.05) is 5.32 Å². The van der Waals surface area contributed by atoms with Crippen LogP contribution in [-0.2, 0) is 4.79 Å². The fourth-order valence-corrected chi connectivity index (χ4v) is 3.40. The van der Waals surface area contributed by atoms with Gasteiger partial charge in [0.2, 0.25) is 5.91 Å². The zero-order valence-corrected chi connectivity index (χ0v) is 14.4. The number of hydrogen-bond acceptors (Lipinski definition) is 3. The van der Waals surface area contributed by atoms with Crippen LogP contribution in [0.3, 0.4) is 0 Å². The van der Waals surface area contributed by atoms with Crippen molar-refractivity contribution in [3.63, 3.8) is 0 Å². The molecule has 3 aromatic rings. The minimum atomic E-state index is -0.514. The average Bonchev–Trinajstić information content (AvgIpc) is 2.58. The zero-order chi connectivity index (χ0) is 17.1. The lowest BCUT2D eigenvalue weighted by molar-refractivity contribution is -0.115. The van der Waals surface area contributed by atoms with Crippen molar-refractivity contribution >= 4 is 45.9 Å². The highest BCUT2D eigenvalue weighted by molar-refractivity contribution is 8.00. The summed E-state index contributed by atoms with van der Waals surface area (Å²) in [7, 11) is 0. The Hall–Kier alpha value is -2.11. The summed E-state index contributed by atoms with van der Waals surface area (Å²) in [6.07, 6.45) is 1.73. The monoisotopic (exact) mass is 360 g/mol. The number of rotatable bonds is 4. The Bertz CT molecular complexity index is 898. The molecular formula is C18H14ClFN2OS. The molecule has 0 aliphatic carbocycles. The number of amides is 1. The molecular weight excluding hydrogens is 347 g/mol. The molecule has 3 nitrogen and oxygen atoms in total. The third-order valence-corrected chi connectivity index (χ3v) is 4.94. The number of nitrogens with one attached hydrogen (secondary N) is 1. The summed E-state index contributed by atoms with van der Waals surface area (Å²) in [4.78, 5) is 17.7. The van der Waals surface area contributed by atoms with E-state index in [1.807, 2.05) is 37.3 Å². The van der Waals surface area contributed by atoms with Crippen LogP contribution in [0.5, 0.6) is 0 Å². The van der Waals surface area contributed by atoms with Crippen LogP contribution in [0.2, 0.25) is 5.02 Å². The van der Waals surface area contributed by atoms with Crippen LogP contribution < -0.4 is 5.32 Å². The fourth-order valence-electron chi connectivity index (χ4n) is 2.23. The van der Waals surface area contributed by atoms with Crippen molar-refractivity contribution in [2.24, 2.45) is 0 Å². The summed E-state index contributed by atoms with van der Waals surface area (Å²) in [5.41, 5.74) is 1.36. The van der Waals surface area contributed by atoms with Gasteiger partial charge in [0.1, 0.15) is 5.82 Å². The molecule has 24 heavy (non-hydrogen) atoms. The molecule has 0 saturated carbocycles. The van der Waals surface area contributed by atoms with E-state index in [4.69, 9.17) is 11.6 Å². The summed E-state index contributed by atoms with van der Waals surface area (Å²) >= 11 is 7.18. The zero-order valence-electron chi connectivity index (χ0n) is 12.8. The molecule has 0 bridgehead atoms. The summed E-state index contributed by atoms with van der Waals surface area (Å²) in [6.45, 7) is 1.82. The Morgan fingerprint density at radius 3 is 2.83 bits per heavy atom. The van der Waals surface area contributed by atoms with Crippen LogP contribution >= 0.6 is 23.4 Å². The standard InChI is InChI=1S/C18H14ClFN2OS/c1-11(18(23)22-12-6-7-15(20)14(19)10-12)24-17-8-9-21-16-5-3-2-4-13(16)17/h2-11H,1H3,(H,22,23). The molecule has 0 radical (unpaired) electrons. The predicted molar refractivity (Wildman–Crippen MR) is 97.1 cm³/mol. The SMILES string of the molecule is CC(Sc1ccnc2ccccc12)C(=O)Nc1ccc(F)c(Cl)c1. The number of halogens is 2. The highest BCUT2D eigenvalue weighted by atomic mass is 35.5. The van der Waals surface area contributed by atoms with Crippen molar-refractivity contribution in [3.05, 3.63) is 65.6 Å². The molecule has 1 atom stereocenters. The molecule has 0 aliphatic rings. The molecule has 0 saturated heterocycles. The van der Waals surface area contributed by atoms with Crippen molar-refractivity contribution < 1.29 is 9.18 Å². The predicted octanol–water partition coefficient (Wildman–Crippen LogP) is 5.15. The van der Waals surface area contributed by atoms with Crippen LogP contribution in [0.4, 0.5) is 10.1 Å². The highest BCUT2D eigenvalue weighted by Crippen LogP contribution is 2.30. The Labute approximate surface area is 148 Å². The first-order valence-electron chi connectivity index (χ1n) is 7.31. The topological polar surface area (TPSA) is 42.0 Å². The quantitative estimate of drug-likeness (QED) is 0.654. The van der Waals surface area contributed by atoms with Gasteiger partial charge in [-0.05, 0) is 37.3 Å². The third-order valence-electron chi connectivity index (χ3n) is 3.47. The molecule has 122 valence electrons. The number of benzene rings is 2. The molecule has 1 aromatic heterocycles. The minimum Gasteiger partial charge on any atom is -0.325 e. The number of para-hydroxylation sites is 1. The molecule has 1 heterocycles. The van der Waals surface area contributed by atoms with E-state index in [1.54, 1.807) is 6.20 Å². The Morgan fingerprint density at radius 2 is 2.04 bits per heavy atom. The molecule has 3 rings (SSSR count). The van der Waals surface area contributed by atoms with Crippen LogP contribution in [0.1, 0.15) is 6.92 Å². The Balaban J connectivity index is 1.75. The first-order valence-corrected chi connectivity index (χ1v) is 8.56. The van der Waals surface area contributed by atoms with E-state index in [1.165, 1.54) is 30.0 Å². The molecule has 1 unspecified atom stereocenters. The number of thioether (sulfide) groups is 1. The molecule has 2 aromatic carbocycles. The minimum absolute atomic E-state index is 0.0202. The number of aromatic nitrogens is 1. The third kappa shape index (κ3) is 3.68. The van der Waals surface area contributed by atoms with Gasteiger partial charge in [0.25, 0.3) is 0 Å². The normalized spacial score (nSPS) is 12.1. The maximum atomic E-state index is 13.2. The van der Waals surface area contributed by atoms with Crippen molar-refractivity contribution in [2.45, 2.75) is 17.1 Å². The lowest BCUT2D eigenvalue weighted by atomic mass is 10.2. The van der Waals surface area contributed by atoms with Crippen molar-refractivity contribution in [1.29, 1.82) is 0 Å². The first kappa shape index (κ1) is 16.7. The maximum Gasteiger partial charge on any atom is 0.237 e. The summed E-state index contributed by atoms with van der Waals surface area (Å²) in [5.74, 6) is -0.691. The molecule has 0 aliphatic heterocycles. The van der Waals surface area contributed by atoms with E-state index in [-0.39, 0.29) is 16.2 Å². The lowest BCUT2D eigenvalue weighted by Crippen LogP contribution is -2.22. The second-order valence-electron chi connectivity index (χ2n) is 5.20. The lowest BCUT2D eigenvalue weighted by Gasteiger charge is -2.13. The van der Waals surface area contributed by atoms with E-state index in [9.17, 15) is 9.18 Å². The van der Waals surface area contributed by atoms with Crippen LogP contribution in [0.25, 0.3) is 10.9 Å². The van der Waals surface area contributed by atoms with Gasteiger partial charge in [0, 0.05) is 22.2 Å². The highest BCUT2D eigenvalue weighted by Gasteiger charge is 2.16. The number of carbonyl (C=O) groups excluding carboxylic acids is 1. The Morgan fingerprint density at radius 1 is 1.25 bits per heavy atom. The van der Waals surface area contributed by atoms with Gasteiger partial charge in [0.05, 0.1) is 15.8 Å². The second-order valence-corrected chi connectivity index (χ2v) is 6.99. The van der Waals surface area contributed by atoms with E-state index in [0.717, 1.165) is 15.8 Å². The van der Waals surface area contributed by atoms with Crippen LogP contribution in [0, 0.1) is 5.82 Å². The van der Waals surface area contributed by atoms with Gasteiger partial charge in [-0.15, -0.1) is 11.8 Å². The number of fused-ring (bicyclic) bond motifs is 1. The second kappa shape index (κ2) is 7.20. The molecule has 0 fully saturated rings. The van der Waals surface area contributed by atoms with Gasteiger partial charge in [-0.1, -0.05) is 29.8 Å². The number of hydrogen-bond donors (Lipinski definition) is 1. The molecule has 1 N–H and O–H groups in total. The van der Waals surface area contributed by atoms with Gasteiger partial charge in [-0.3, -0.25) is 9.78 Å². The van der Waals surface area contributed by atoms with Gasteiger partial charge in [0.15, 0.2) is 0 Å². The number of anilines is 1. The van der Waals surface area contributed by atoms with Gasteiger partial charge >= 0.3 is 0 Å². The van der Waals surface area contributed by atoms with Crippen molar-refractivity contribution in [3.8, 4) is 0 Å². The maximum absolute atomic E-state index is 13.2. The van der Waals surface area contributed by atoms with Crippen LogP contribution in [-0.4, -0.2) is 16.1 Å². The van der Waals surface area contributed by atoms with E-state index >= 15 is 0 Å². The number of carbonyl (C=O) groups is 1. The number of nitrogens with zero attached hydrogens (tertiary/aromatic N) is 1. The average molecular weight is 361 g/mol. The summed E-state index contributed by atoms with van der Waals surface area (Å²) in [6, 6.07) is 13.8. The van der Waals surface area contributed by atoms with Crippen molar-refractivity contribution in [1.82, 2.24) is 4.98 Å². The van der Waals surface area contributed by atoms with Gasteiger partial charge < -0.3 is 5.32 Å². The number of pyridine rings is 1. The fraction of sp³-hybridized carbons (Fsp3) is 0.111. The van der Waals surface area contributed by atoms with Crippen LogP contribution in [0.15, 0.2) is 59.6 Å². The van der Waals surface area contributed by atoms with E-state index in [2.05, 4.69) is 10.3 Å². The molecule has 6 heteroatoms. The summed E-state index contributed by atoms with van der Waals surface area (Å²) in [5, 5.41) is 3.41. The molecule has 0 spiro atoms. The van der Waals surface area contributed by atoms with Gasteiger partial charge in [-0.25, -0.2) is 4.39 Å². The largest absolute Gasteiger partial charge is 0.325 e. The van der Waals surface area contributed by atoms with E-state index in [0.29, 0.717) is 5.69 Å². The van der Waals surface area contributed by atoms with E-state index < -0.39 is 5.82 Å². The smallest absolute Gasteiger partial charge is 0.237 e. The Kier molecular flexibility index (Phi) is 5.02.